The molecule has 0 aromatic carbocycles. The monoisotopic (exact) mass is 205 g/mol. The van der Waals surface area contributed by atoms with Crippen LogP contribution >= 0.6 is 22.9 Å². The van der Waals surface area contributed by atoms with Crippen LogP contribution in [-0.4, -0.2) is 18.7 Å². The van der Waals surface area contributed by atoms with E-state index in [1.54, 1.807) is 18.4 Å². The molecule has 1 aromatic heterocycles. The number of thiazole rings is 1. The van der Waals surface area contributed by atoms with Crippen molar-refractivity contribution in [2.24, 2.45) is 0 Å². The smallest absolute Gasteiger partial charge is 0.0929 e. The number of ether oxygens (including phenoxy) is 1. The van der Waals surface area contributed by atoms with Crippen LogP contribution in [0.2, 0.25) is 0 Å². The van der Waals surface area contributed by atoms with Crippen molar-refractivity contribution in [2.45, 2.75) is 18.7 Å². The zero-order valence-electron chi connectivity index (χ0n) is 7.05. The summed E-state index contributed by atoms with van der Waals surface area (Å²) < 4.78 is 4.95. The van der Waals surface area contributed by atoms with Gasteiger partial charge in [0.2, 0.25) is 0 Å². The first kappa shape index (κ1) is 9.96. The van der Waals surface area contributed by atoms with Crippen LogP contribution in [0.1, 0.15) is 17.1 Å². The fourth-order valence-corrected chi connectivity index (χ4v) is 1.96. The molecule has 0 bridgehead atoms. The number of hydrogen-bond donors (Lipinski definition) is 0. The minimum atomic E-state index is 0.515. The van der Waals surface area contributed by atoms with Gasteiger partial charge in [0.15, 0.2) is 0 Å². The van der Waals surface area contributed by atoms with Crippen LogP contribution in [0, 0.1) is 0 Å². The Balaban J connectivity index is 2.31. The molecule has 12 heavy (non-hydrogen) atoms. The van der Waals surface area contributed by atoms with Gasteiger partial charge in [0, 0.05) is 25.5 Å². The zero-order chi connectivity index (χ0) is 8.81. The summed E-state index contributed by atoms with van der Waals surface area (Å²) in [5, 5.41) is 3.16. The zero-order valence-corrected chi connectivity index (χ0v) is 8.62. The van der Waals surface area contributed by atoms with Gasteiger partial charge in [-0.1, -0.05) is 0 Å². The molecule has 0 spiro atoms. The predicted octanol–water partition coefficient (Wildman–Crippen LogP) is 2.46. The van der Waals surface area contributed by atoms with Gasteiger partial charge in [-0.2, -0.15) is 0 Å². The summed E-state index contributed by atoms with van der Waals surface area (Å²) in [5.41, 5.74) is 0.981. The SMILES string of the molecule is COCCCc1nc(CCl)cs1. The molecular weight excluding hydrogens is 194 g/mol. The van der Waals surface area contributed by atoms with Gasteiger partial charge in [0.05, 0.1) is 16.6 Å². The van der Waals surface area contributed by atoms with Crippen LogP contribution in [0.4, 0.5) is 0 Å². The molecule has 1 aromatic rings. The fraction of sp³-hybridized carbons (Fsp3) is 0.625. The van der Waals surface area contributed by atoms with Gasteiger partial charge in [0.25, 0.3) is 0 Å². The summed E-state index contributed by atoms with van der Waals surface area (Å²) in [5.74, 6) is 0.515. The highest BCUT2D eigenvalue weighted by Gasteiger charge is 1.99. The number of aryl methyl sites for hydroxylation is 1. The second-order valence-corrected chi connectivity index (χ2v) is 3.67. The first-order valence-electron chi connectivity index (χ1n) is 3.85. The molecule has 68 valence electrons. The molecule has 0 unspecified atom stereocenters. The van der Waals surface area contributed by atoms with Gasteiger partial charge < -0.3 is 4.74 Å². The normalized spacial score (nSPS) is 10.5. The van der Waals surface area contributed by atoms with E-state index in [0.29, 0.717) is 5.88 Å². The molecule has 0 fully saturated rings. The number of nitrogens with zero attached hydrogens (tertiary/aromatic N) is 1. The third-order valence-corrected chi connectivity index (χ3v) is 2.71. The lowest BCUT2D eigenvalue weighted by molar-refractivity contribution is 0.195. The second-order valence-electron chi connectivity index (χ2n) is 2.46. The summed E-state index contributed by atoms with van der Waals surface area (Å²) in [4.78, 5) is 4.33. The molecule has 0 aliphatic rings. The maximum Gasteiger partial charge on any atom is 0.0929 e. The van der Waals surface area contributed by atoms with Gasteiger partial charge in [0.1, 0.15) is 0 Å². The Morgan fingerprint density at radius 1 is 1.67 bits per heavy atom. The van der Waals surface area contributed by atoms with Crippen molar-refractivity contribution < 1.29 is 4.74 Å². The van der Waals surface area contributed by atoms with E-state index in [-0.39, 0.29) is 0 Å². The number of methoxy groups -OCH3 is 1. The van der Waals surface area contributed by atoms with Crippen LogP contribution < -0.4 is 0 Å². The maximum atomic E-state index is 5.62. The third kappa shape index (κ3) is 3.09. The highest BCUT2D eigenvalue weighted by atomic mass is 35.5. The average molecular weight is 206 g/mol. The van der Waals surface area contributed by atoms with Crippen molar-refractivity contribution in [2.75, 3.05) is 13.7 Å². The van der Waals surface area contributed by atoms with E-state index in [1.807, 2.05) is 5.38 Å². The van der Waals surface area contributed by atoms with E-state index < -0.39 is 0 Å². The molecule has 0 radical (unpaired) electrons. The van der Waals surface area contributed by atoms with E-state index in [1.165, 1.54) is 0 Å². The summed E-state index contributed by atoms with van der Waals surface area (Å²) >= 11 is 7.29. The van der Waals surface area contributed by atoms with Gasteiger partial charge in [-0.15, -0.1) is 22.9 Å². The first-order valence-corrected chi connectivity index (χ1v) is 5.26. The number of halogens is 1. The lowest BCUT2D eigenvalue weighted by atomic mass is 10.3. The van der Waals surface area contributed by atoms with Crippen molar-refractivity contribution in [3.8, 4) is 0 Å². The molecule has 0 atom stereocenters. The van der Waals surface area contributed by atoms with Crippen molar-refractivity contribution >= 4 is 22.9 Å². The Bertz CT molecular complexity index is 227. The molecule has 4 heteroatoms. The van der Waals surface area contributed by atoms with Gasteiger partial charge in [-0.05, 0) is 6.42 Å². The van der Waals surface area contributed by atoms with E-state index >= 15 is 0 Å². The van der Waals surface area contributed by atoms with E-state index in [9.17, 15) is 0 Å². The van der Waals surface area contributed by atoms with Crippen LogP contribution in [-0.2, 0) is 17.0 Å². The molecule has 0 N–H and O–H groups in total. The average Bonchev–Trinajstić information content (AvgIpc) is 2.53. The van der Waals surface area contributed by atoms with Gasteiger partial charge in [-0.3, -0.25) is 0 Å². The maximum absolute atomic E-state index is 5.62. The van der Waals surface area contributed by atoms with Gasteiger partial charge >= 0.3 is 0 Å². The number of rotatable bonds is 5. The third-order valence-electron chi connectivity index (χ3n) is 1.48. The van der Waals surface area contributed by atoms with Crippen LogP contribution in [0.5, 0.6) is 0 Å². The van der Waals surface area contributed by atoms with Crippen molar-refractivity contribution in [3.05, 3.63) is 16.1 Å². The summed E-state index contributed by atoms with van der Waals surface area (Å²) in [6.45, 7) is 0.801. The Hall–Kier alpha value is -0.120. The first-order chi connectivity index (χ1) is 5.86. The Morgan fingerprint density at radius 2 is 2.50 bits per heavy atom. The highest BCUT2D eigenvalue weighted by Crippen LogP contribution is 2.13. The molecule has 0 aliphatic heterocycles. The largest absolute Gasteiger partial charge is 0.385 e. The predicted molar refractivity (Wildman–Crippen MR) is 51.9 cm³/mol. The standard InChI is InChI=1S/C8H12ClNOS/c1-11-4-2-3-8-10-7(5-9)6-12-8/h6H,2-5H2,1H3. The molecule has 1 rings (SSSR count). The molecule has 0 aliphatic carbocycles. The van der Waals surface area contributed by atoms with Crippen molar-refractivity contribution in [1.82, 2.24) is 4.98 Å². The van der Waals surface area contributed by atoms with Gasteiger partial charge in [-0.25, -0.2) is 4.98 Å². The fourth-order valence-electron chi connectivity index (χ4n) is 0.893. The van der Waals surface area contributed by atoms with E-state index in [4.69, 9.17) is 16.3 Å². The van der Waals surface area contributed by atoms with Crippen LogP contribution in [0.25, 0.3) is 0 Å². The van der Waals surface area contributed by atoms with E-state index in [2.05, 4.69) is 4.98 Å². The molecule has 1 heterocycles. The number of aromatic nitrogens is 1. The Labute approximate surface area is 81.5 Å². The highest BCUT2D eigenvalue weighted by molar-refractivity contribution is 7.09. The minimum absolute atomic E-state index is 0.515. The lowest BCUT2D eigenvalue weighted by Crippen LogP contribution is -1.92. The second kappa shape index (κ2) is 5.51. The Morgan fingerprint density at radius 3 is 3.08 bits per heavy atom. The summed E-state index contributed by atoms with van der Waals surface area (Å²) in [7, 11) is 1.71. The quantitative estimate of drug-likeness (QED) is 0.544. The topological polar surface area (TPSA) is 22.1 Å². The number of hydrogen-bond acceptors (Lipinski definition) is 3. The minimum Gasteiger partial charge on any atom is -0.385 e. The summed E-state index contributed by atoms with van der Waals surface area (Å²) in [6.07, 6.45) is 2.03. The lowest BCUT2D eigenvalue weighted by Gasteiger charge is -1.94. The molecule has 2 nitrogen and oxygen atoms in total. The Kier molecular flexibility index (Phi) is 4.58. The number of alkyl halides is 1. The van der Waals surface area contributed by atoms with Crippen LogP contribution in [0.3, 0.4) is 0 Å². The molecular formula is C8H12ClNOS. The molecule has 0 amide bonds. The molecule has 0 saturated carbocycles. The van der Waals surface area contributed by atoms with Crippen molar-refractivity contribution in [1.29, 1.82) is 0 Å². The molecule has 0 saturated heterocycles. The van der Waals surface area contributed by atoms with E-state index in [0.717, 1.165) is 30.2 Å². The van der Waals surface area contributed by atoms with Crippen LogP contribution in [0.15, 0.2) is 5.38 Å². The van der Waals surface area contributed by atoms with Crippen molar-refractivity contribution in [3.63, 3.8) is 0 Å². The summed E-state index contributed by atoms with van der Waals surface area (Å²) in [6, 6.07) is 0.